The number of benzene rings is 4. The number of hydrogen-bond acceptors (Lipinski definition) is 4. The first-order chi connectivity index (χ1) is 18.1. The normalized spacial score (nSPS) is 11.3. The zero-order chi connectivity index (χ0) is 26.0. The van der Waals surface area contributed by atoms with Crippen LogP contribution in [0.1, 0.15) is 16.7 Å². The first-order valence-electron chi connectivity index (χ1n) is 11.8. The molecule has 0 saturated carbocycles. The van der Waals surface area contributed by atoms with Gasteiger partial charge in [-0.2, -0.15) is 0 Å². The zero-order valence-electron chi connectivity index (χ0n) is 20.7. The predicted molar refractivity (Wildman–Crippen MR) is 157 cm³/mol. The lowest BCUT2D eigenvalue weighted by atomic mass is 10.1. The van der Waals surface area contributed by atoms with Gasteiger partial charge in [0.2, 0.25) is 0 Å². The van der Waals surface area contributed by atoms with E-state index in [2.05, 4.69) is 41.3 Å². The fourth-order valence-corrected chi connectivity index (χ4v) is 4.99. The number of rotatable bonds is 9. The fraction of sp³-hybridized carbons (Fsp3) is 0.167. The summed E-state index contributed by atoms with van der Waals surface area (Å²) in [5.74, 6) is 2.41. The summed E-state index contributed by atoms with van der Waals surface area (Å²) in [5, 5.41) is 1.77. The molecule has 0 heterocycles. The monoisotopic (exact) mass is 550 g/mol. The second-order valence-electron chi connectivity index (χ2n) is 8.29. The Kier molecular flexibility index (Phi) is 9.78. The summed E-state index contributed by atoms with van der Waals surface area (Å²) in [4.78, 5) is 7.29. The van der Waals surface area contributed by atoms with Crippen molar-refractivity contribution in [3.8, 4) is 11.5 Å². The van der Waals surface area contributed by atoms with Crippen molar-refractivity contribution in [1.82, 2.24) is 4.90 Å². The number of thioether (sulfide) groups is 1. The Balaban J connectivity index is 1.72. The van der Waals surface area contributed by atoms with Crippen LogP contribution in [0.3, 0.4) is 0 Å². The number of hydrogen-bond donors (Lipinski definition) is 0. The van der Waals surface area contributed by atoms with E-state index >= 15 is 0 Å². The molecule has 190 valence electrons. The van der Waals surface area contributed by atoms with Crippen LogP contribution in [0.2, 0.25) is 10.0 Å². The Morgan fingerprint density at radius 3 is 1.81 bits per heavy atom. The second-order valence-corrected chi connectivity index (χ2v) is 10.0. The Morgan fingerprint density at radius 1 is 0.703 bits per heavy atom. The van der Waals surface area contributed by atoms with E-state index in [4.69, 9.17) is 37.7 Å². The molecule has 0 unspecified atom stereocenters. The minimum atomic E-state index is 0.441. The lowest BCUT2D eigenvalue weighted by Crippen LogP contribution is -2.28. The van der Waals surface area contributed by atoms with Gasteiger partial charge in [0.15, 0.2) is 5.17 Å². The molecule has 0 saturated heterocycles. The first kappa shape index (κ1) is 26.9. The molecule has 4 aromatic rings. The van der Waals surface area contributed by atoms with Gasteiger partial charge < -0.3 is 14.4 Å². The van der Waals surface area contributed by atoms with E-state index in [9.17, 15) is 0 Å². The van der Waals surface area contributed by atoms with Gasteiger partial charge in [-0.15, -0.1) is 0 Å². The molecule has 37 heavy (non-hydrogen) atoms. The molecule has 0 spiro atoms. The van der Waals surface area contributed by atoms with Gasteiger partial charge in [0, 0.05) is 18.8 Å². The maximum absolute atomic E-state index is 6.55. The highest BCUT2D eigenvalue weighted by Crippen LogP contribution is 2.34. The summed E-state index contributed by atoms with van der Waals surface area (Å²) in [6.45, 7) is 1.30. The zero-order valence-corrected chi connectivity index (χ0v) is 23.1. The van der Waals surface area contributed by atoms with Crippen LogP contribution in [0.25, 0.3) is 0 Å². The lowest BCUT2D eigenvalue weighted by molar-refractivity contribution is 0.405. The maximum Gasteiger partial charge on any atom is 0.165 e. The molecule has 0 aliphatic carbocycles. The molecule has 0 fully saturated rings. The molecule has 0 bridgehead atoms. The summed E-state index contributed by atoms with van der Waals surface area (Å²) in [6, 6.07) is 32.1. The second kappa shape index (κ2) is 13.4. The van der Waals surface area contributed by atoms with Gasteiger partial charge in [0.05, 0.1) is 30.0 Å². The van der Waals surface area contributed by atoms with E-state index in [1.165, 1.54) is 5.56 Å². The number of nitrogens with zero attached hydrogens (tertiary/aromatic N) is 2. The molecule has 0 aromatic heterocycles. The summed E-state index contributed by atoms with van der Waals surface area (Å²) in [6.07, 6.45) is 0. The number of amidine groups is 1. The van der Waals surface area contributed by atoms with Crippen LogP contribution in [0, 0.1) is 0 Å². The van der Waals surface area contributed by atoms with E-state index in [1.807, 2.05) is 54.6 Å². The smallest absolute Gasteiger partial charge is 0.165 e. The number of methoxy groups -OCH3 is 2. The Labute approximate surface area is 232 Å². The summed E-state index contributed by atoms with van der Waals surface area (Å²) >= 11 is 14.5. The van der Waals surface area contributed by atoms with Crippen molar-refractivity contribution >= 4 is 45.8 Å². The van der Waals surface area contributed by atoms with Crippen molar-refractivity contribution < 1.29 is 9.47 Å². The van der Waals surface area contributed by atoms with Crippen LogP contribution >= 0.6 is 35.0 Å². The standard InChI is InChI=1S/C30H28Cl2N2O2S/c1-35-25-15-11-22(12-16-25)19-34(20-23-13-17-26(36-2)18-14-23)30(37-21-24-7-4-3-5-8-24)33-28-10-6-9-27(31)29(28)32/h3-18H,19-21H2,1-2H3. The molecular weight excluding hydrogens is 523 g/mol. The van der Waals surface area contributed by atoms with Crippen LogP contribution in [-0.4, -0.2) is 24.3 Å². The predicted octanol–water partition coefficient (Wildman–Crippen LogP) is 8.63. The summed E-state index contributed by atoms with van der Waals surface area (Å²) in [5.41, 5.74) is 4.13. The average Bonchev–Trinajstić information content (AvgIpc) is 2.94. The van der Waals surface area contributed by atoms with Gasteiger partial charge in [0.25, 0.3) is 0 Å². The molecule has 7 heteroatoms. The largest absolute Gasteiger partial charge is 0.497 e. The fourth-order valence-electron chi connectivity index (χ4n) is 3.69. The molecule has 0 N–H and O–H groups in total. The number of aliphatic imine (C=N–C) groups is 1. The SMILES string of the molecule is COc1ccc(CN(Cc2ccc(OC)cc2)C(=Nc2cccc(Cl)c2Cl)SCc2ccccc2)cc1. The molecule has 4 nitrogen and oxygen atoms in total. The molecule has 0 aliphatic rings. The third kappa shape index (κ3) is 7.68. The van der Waals surface area contributed by atoms with Crippen LogP contribution in [0.15, 0.2) is 102 Å². The van der Waals surface area contributed by atoms with Crippen molar-refractivity contribution in [3.05, 3.63) is 124 Å². The highest BCUT2D eigenvalue weighted by atomic mass is 35.5. The van der Waals surface area contributed by atoms with Crippen molar-refractivity contribution in [3.63, 3.8) is 0 Å². The molecule has 4 aromatic carbocycles. The Hall–Kier alpha value is -3.12. The van der Waals surface area contributed by atoms with Crippen LogP contribution < -0.4 is 9.47 Å². The molecule has 0 radical (unpaired) electrons. The van der Waals surface area contributed by atoms with Crippen molar-refractivity contribution in [1.29, 1.82) is 0 Å². The van der Waals surface area contributed by atoms with Crippen LogP contribution in [-0.2, 0) is 18.8 Å². The molecule has 0 amide bonds. The molecule has 0 aliphatic heterocycles. The minimum absolute atomic E-state index is 0.441. The molecular formula is C30H28Cl2N2O2S. The van der Waals surface area contributed by atoms with Gasteiger partial charge in [-0.3, -0.25) is 0 Å². The number of halogens is 2. The lowest BCUT2D eigenvalue weighted by Gasteiger charge is -2.27. The highest BCUT2D eigenvalue weighted by molar-refractivity contribution is 8.13. The third-order valence-electron chi connectivity index (χ3n) is 5.69. The van der Waals surface area contributed by atoms with E-state index in [0.717, 1.165) is 33.5 Å². The summed E-state index contributed by atoms with van der Waals surface area (Å²) in [7, 11) is 3.34. The minimum Gasteiger partial charge on any atom is -0.497 e. The molecule has 4 rings (SSSR count). The van der Waals surface area contributed by atoms with Gasteiger partial charge in [0.1, 0.15) is 11.5 Å². The topological polar surface area (TPSA) is 34.1 Å². The maximum atomic E-state index is 6.55. The molecule has 0 atom stereocenters. The van der Waals surface area contributed by atoms with Crippen molar-refractivity contribution in [2.75, 3.05) is 14.2 Å². The van der Waals surface area contributed by atoms with Crippen LogP contribution in [0.4, 0.5) is 5.69 Å². The average molecular weight is 552 g/mol. The number of ether oxygens (including phenoxy) is 2. The van der Waals surface area contributed by atoms with E-state index < -0.39 is 0 Å². The Morgan fingerprint density at radius 2 is 1.27 bits per heavy atom. The van der Waals surface area contributed by atoms with Gasteiger partial charge in [-0.1, -0.05) is 95.6 Å². The quantitative estimate of drug-likeness (QED) is 0.154. The van der Waals surface area contributed by atoms with E-state index in [1.54, 1.807) is 32.0 Å². The van der Waals surface area contributed by atoms with E-state index in [0.29, 0.717) is 28.8 Å². The van der Waals surface area contributed by atoms with E-state index in [-0.39, 0.29) is 0 Å². The van der Waals surface area contributed by atoms with Gasteiger partial charge in [-0.05, 0) is 53.1 Å². The van der Waals surface area contributed by atoms with Gasteiger partial charge >= 0.3 is 0 Å². The van der Waals surface area contributed by atoms with Crippen molar-refractivity contribution in [2.45, 2.75) is 18.8 Å². The first-order valence-corrected chi connectivity index (χ1v) is 13.5. The van der Waals surface area contributed by atoms with Crippen LogP contribution in [0.5, 0.6) is 11.5 Å². The Bertz CT molecular complexity index is 1260. The highest BCUT2D eigenvalue weighted by Gasteiger charge is 2.16. The summed E-state index contributed by atoms with van der Waals surface area (Å²) < 4.78 is 10.7. The van der Waals surface area contributed by atoms with Gasteiger partial charge in [-0.25, -0.2) is 4.99 Å². The third-order valence-corrected chi connectivity index (χ3v) is 7.59. The van der Waals surface area contributed by atoms with Crippen molar-refractivity contribution in [2.24, 2.45) is 4.99 Å².